The predicted octanol–water partition coefficient (Wildman–Crippen LogP) is 1.86. The minimum atomic E-state index is -1.09. The van der Waals surface area contributed by atoms with Crippen LogP contribution in [0.4, 0.5) is 0 Å². The topological polar surface area (TPSA) is 66.8 Å². The highest BCUT2D eigenvalue weighted by atomic mass is 35.5. The van der Waals surface area contributed by atoms with E-state index in [0.717, 1.165) is 0 Å². The Bertz CT molecular complexity index is 364. The molecule has 5 heteroatoms. The lowest BCUT2D eigenvalue weighted by Gasteiger charge is -2.13. The highest BCUT2D eigenvalue weighted by Crippen LogP contribution is 2.29. The molecule has 1 aromatic rings. The van der Waals surface area contributed by atoms with Gasteiger partial charge in [0.05, 0.1) is 19.6 Å². The van der Waals surface area contributed by atoms with E-state index in [0.29, 0.717) is 16.3 Å². The maximum atomic E-state index is 10.4. The zero-order valence-corrected chi connectivity index (χ0v) is 8.86. The summed E-state index contributed by atoms with van der Waals surface area (Å²) < 4.78 is 4.99. The number of benzene rings is 1. The minimum Gasteiger partial charge on any atom is -0.496 e. The third-order valence-corrected chi connectivity index (χ3v) is 2.16. The van der Waals surface area contributed by atoms with Crippen LogP contribution in [0.2, 0.25) is 5.02 Å². The second kappa shape index (κ2) is 5.00. The zero-order chi connectivity index (χ0) is 11.4. The van der Waals surface area contributed by atoms with Gasteiger partial charge < -0.3 is 14.9 Å². The monoisotopic (exact) mass is 230 g/mol. The molecule has 2 N–H and O–H groups in total. The van der Waals surface area contributed by atoms with Crippen molar-refractivity contribution in [1.82, 2.24) is 0 Å². The number of carboxylic acid groups (broad SMARTS) is 1. The van der Waals surface area contributed by atoms with Gasteiger partial charge in [-0.1, -0.05) is 17.7 Å². The second-order valence-electron chi connectivity index (χ2n) is 3.00. The summed E-state index contributed by atoms with van der Waals surface area (Å²) in [6, 6.07) is 4.65. The molecule has 0 radical (unpaired) electrons. The third kappa shape index (κ3) is 3.11. The van der Waals surface area contributed by atoms with Crippen LogP contribution in [0.5, 0.6) is 5.75 Å². The number of aliphatic carboxylic acids is 1. The Kier molecular flexibility index (Phi) is 3.94. The highest BCUT2D eigenvalue weighted by Gasteiger charge is 2.16. The Hall–Kier alpha value is -1.26. The van der Waals surface area contributed by atoms with E-state index in [1.807, 2.05) is 0 Å². The van der Waals surface area contributed by atoms with Crippen LogP contribution in [0.15, 0.2) is 18.2 Å². The molecule has 0 amide bonds. The Morgan fingerprint density at radius 3 is 2.80 bits per heavy atom. The molecule has 0 spiro atoms. The summed E-state index contributed by atoms with van der Waals surface area (Å²) in [6.45, 7) is 0. The molecule has 4 nitrogen and oxygen atoms in total. The zero-order valence-electron chi connectivity index (χ0n) is 8.11. The van der Waals surface area contributed by atoms with E-state index in [4.69, 9.17) is 21.4 Å². The maximum Gasteiger partial charge on any atom is 0.306 e. The van der Waals surface area contributed by atoms with Crippen LogP contribution >= 0.6 is 11.6 Å². The van der Waals surface area contributed by atoms with Crippen LogP contribution in [0.25, 0.3) is 0 Å². The molecule has 82 valence electrons. The first-order valence-electron chi connectivity index (χ1n) is 4.28. The van der Waals surface area contributed by atoms with Gasteiger partial charge in [0, 0.05) is 10.6 Å². The van der Waals surface area contributed by atoms with E-state index < -0.39 is 12.1 Å². The Balaban J connectivity index is 2.97. The van der Waals surface area contributed by atoms with Gasteiger partial charge in [0.1, 0.15) is 5.75 Å². The molecule has 15 heavy (non-hydrogen) atoms. The van der Waals surface area contributed by atoms with Crippen molar-refractivity contribution in [2.24, 2.45) is 0 Å². The molecule has 0 aliphatic rings. The molecule has 0 saturated carbocycles. The number of hydrogen-bond acceptors (Lipinski definition) is 3. The summed E-state index contributed by atoms with van der Waals surface area (Å²) in [7, 11) is 1.43. The van der Waals surface area contributed by atoms with Crippen molar-refractivity contribution in [3.05, 3.63) is 28.8 Å². The van der Waals surface area contributed by atoms with E-state index in [1.54, 1.807) is 12.1 Å². The van der Waals surface area contributed by atoms with Crippen molar-refractivity contribution >= 4 is 17.6 Å². The first-order valence-corrected chi connectivity index (χ1v) is 4.65. The summed E-state index contributed by atoms with van der Waals surface area (Å²) in [4.78, 5) is 10.4. The van der Waals surface area contributed by atoms with E-state index in [1.165, 1.54) is 13.2 Å². The number of carbonyl (C=O) groups is 1. The van der Waals surface area contributed by atoms with E-state index in [9.17, 15) is 9.90 Å². The maximum absolute atomic E-state index is 10.4. The molecule has 0 fully saturated rings. The van der Waals surface area contributed by atoms with Gasteiger partial charge in [-0.05, 0) is 12.1 Å². The largest absolute Gasteiger partial charge is 0.496 e. The fraction of sp³-hybridized carbons (Fsp3) is 0.300. The summed E-state index contributed by atoms with van der Waals surface area (Å²) in [5.74, 6) is -0.684. The molecule has 0 aliphatic heterocycles. The molecule has 0 saturated heterocycles. The molecule has 1 aromatic carbocycles. The summed E-state index contributed by atoms with van der Waals surface area (Å²) in [5.41, 5.74) is 0.421. The minimum absolute atomic E-state index is 0.363. The summed E-state index contributed by atoms with van der Waals surface area (Å²) in [5, 5.41) is 18.6. The quantitative estimate of drug-likeness (QED) is 0.829. The number of carboxylic acids is 1. The number of hydrogen-bond donors (Lipinski definition) is 2. The molecule has 0 heterocycles. The lowest BCUT2D eigenvalue weighted by molar-refractivity contribution is -0.139. The van der Waals surface area contributed by atoms with Gasteiger partial charge in [0.25, 0.3) is 0 Å². The van der Waals surface area contributed by atoms with Gasteiger partial charge in [-0.15, -0.1) is 0 Å². The van der Waals surface area contributed by atoms with Gasteiger partial charge >= 0.3 is 5.97 Å². The fourth-order valence-electron chi connectivity index (χ4n) is 1.24. The summed E-state index contributed by atoms with van der Waals surface area (Å²) >= 11 is 5.73. The lowest BCUT2D eigenvalue weighted by atomic mass is 10.1. The number of methoxy groups -OCH3 is 1. The molecule has 0 unspecified atom stereocenters. The molecular formula is C10H11ClO4. The molecule has 0 aromatic heterocycles. The number of aliphatic hydroxyl groups excluding tert-OH is 1. The Labute approximate surface area is 92.1 Å². The van der Waals surface area contributed by atoms with Crippen LogP contribution < -0.4 is 4.74 Å². The van der Waals surface area contributed by atoms with Crippen LogP contribution in [-0.4, -0.2) is 23.3 Å². The predicted molar refractivity (Wildman–Crippen MR) is 55.2 cm³/mol. The average molecular weight is 231 g/mol. The molecular weight excluding hydrogens is 220 g/mol. The van der Waals surface area contributed by atoms with Gasteiger partial charge in [-0.2, -0.15) is 0 Å². The summed E-state index contributed by atoms with van der Waals surface area (Å²) in [6.07, 6.45) is -1.45. The fourth-order valence-corrected chi connectivity index (χ4v) is 1.40. The van der Waals surface area contributed by atoms with Crippen molar-refractivity contribution in [3.8, 4) is 5.75 Å². The van der Waals surface area contributed by atoms with Crippen LogP contribution in [0, 0.1) is 0 Å². The number of halogens is 1. The van der Waals surface area contributed by atoms with Crippen molar-refractivity contribution in [1.29, 1.82) is 0 Å². The number of aliphatic hydroxyl groups is 1. The molecule has 1 rings (SSSR count). The van der Waals surface area contributed by atoms with Crippen LogP contribution in [-0.2, 0) is 4.79 Å². The van der Waals surface area contributed by atoms with Gasteiger partial charge in [-0.3, -0.25) is 4.79 Å². The lowest BCUT2D eigenvalue weighted by Crippen LogP contribution is -2.06. The Morgan fingerprint density at radius 2 is 2.27 bits per heavy atom. The van der Waals surface area contributed by atoms with E-state index >= 15 is 0 Å². The van der Waals surface area contributed by atoms with Crippen molar-refractivity contribution in [2.45, 2.75) is 12.5 Å². The van der Waals surface area contributed by atoms with Crippen LogP contribution in [0.3, 0.4) is 0 Å². The van der Waals surface area contributed by atoms with E-state index in [2.05, 4.69) is 0 Å². The third-order valence-electron chi connectivity index (χ3n) is 1.92. The first-order chi connectivity index (χ1) is 7.04. The molecule has 1 atom stereocenters. The van der Waals surface area contributed by atoms with Gasteiger partial charge in [0.15, 0.2) is 0 Å². The van der Waals surface area contributed by atoms with E-state index in [-0.39, 0.29) is 6.42 Å². The average Bonchev–Trinajstić information content (AvgIpc) is 2.16. The highest BCUT2D eigenvalue weighted by molar-refractivity contribution is 6.30. The molecule has 0 bridgehead atoms. The number of rotatable bonds is 4. The molecule has 0 aliphatic carbocycles. The SMILES string of the molecule is COc1cc(Cl)ccc1[C@H](O)CC(=O)O. The normalized spacial score (nSPS) is 12.2. The Morgan fingerprint density at radius 1 is 1.60 bits per heavy atom. The van der Waals surface area contributed by atoms with Crippen molar-refractivity contribution in [3.63, 3.8) is 0 Å². The standard InChI is InChI=1S/C10H11ClO4/c1-15-9-4-6(11)2-3-7(9)8(12)5-10(13)14/h2-4,8,12H,5H2,1H3,(H,13,14)/t8-/m1/s1. The second-order valence-corrected chi connectivity index (χ2v) is 3.44. The van der Waals surface area contributed by atoms with Crippen molar-refractivity contribution < 1.29 is 19.7 Å². The van der Waals surface area contributed by atoms with Gasteiger partial charge in [-0.25, -0.2) is 0 Å². The van der Waals surface area contributed by atoms with Crippen LogP contribution in [0.1, 0.15) is 18.1 Å². The number of ether oxygens (including phenoxy) is 1. The first kappa shape index (κ1) is 11.8. The van der Waals surface area contributed by atoms with Gasteiger partial charge in [0.2, 0.25) is 0 Å². The van der Waals surface area contributed by atoms with Crippen molar-refractivity contribution in [2.75, 3.05) is 7.11 Å². The smallest absolute Gasteiger partial charge is 0.306 e.